The average molecular weight is 366 g/mol. The Bertz CT molecular complexity index is 787. The Balaban J connectivity index is 1.48. The number of rotatable bonds is 6. The average Bonchev–Trinajstić information content (AvgIpc) is 3.33. The second kappa shape index (κ2) is 7.99. The summed E-state index contributed by atoms with van der Waals surface area (Å²) in [6.07, 6.45) is 9.03. The number of amides is 1. The Labute approximate surface area is 160 Å². The summed E-state index contributed by atoms with van der Waals surface area (Å²) < 4.78 is 11.7. The molecule has 5 nitrogen and oxygen atoms in total. The van der Waals surface area contributed by atoms with Gasteiger partial charge in [0.2, 0.25) is 5.91 Å². The molecule has 2 fully saturated rings. The van der Waals surface area contributed by atoms with E-state index in [9.17, 15) is 4.79 Å². The summed E-state index contributed by atoms with van der Waals surface area (Å²) in [5.41, 5.74) is 2.26. The van der Waals surface area contributed by atoms with E-state index in [1.165, 1.54) is 12.8 Å². The summed E-state index contributed by atoms with van der Waals surface area (Å²) in [5, 5.41) is 0. The molecule has 1 atom stereocenters. The number of pyridine rings is 1. The fraction of sp³-hybridized carbons (Fsp3) is 0.455. The van der Waals surface area contributed by atoms with Crippen LogP contribution in [0.2, 0.25) is 0 Å². The third-order valence-electron chi connectivity index (χ3n) is 5.59. The molecule has 1 aromatic carbocycles. The number of aromatic nitrogens is 1. The fourth-order valence-corrected chi connectivity index (χ4v) is 4.08. The zero-order valence-electron chi connectivity index (χ0n) is 15.8. The maximum Gasteiger partial charge on any atom is 0.223 e. The van der Waals surface area contributed by atoms with Gasteiger partial charge in [-0.15, -0.1) is 0 Å². The van der Waals surface area contributed by atoms with Crippen molar-refractivity contribution in [3.63, 3.8) is 0 Å². The van der Waals surface area contributed by atoms with Crippen molar-refractivity contribution in [2.75, 3.05) is 13.7 Å². The summed E-state index contributed by atoms with van der Waals surface area (Å²) in [7, 11) is 1.67. The molecule has 2 aliphatic rings. The van der Waals surface area contributed by atoms with E-state index in [4.69, 9.17) is 9.47 Å². The number of hydrogen-bond acceptors (Lipinski definition) is 4. The van der Waals surface area contributed by atoms with Crippen LogP contribution < -0.4 is 9.47 Å². The van der Waals surface area contributed by atoms with Crippen LogP contribution >= 0.6 is 0 Å². The molecule has 2 aromatic rings. The number of nitrogens with zero attached hydrogens (tertiary/aromatic N) is 2. The molecule has 1 aromatic heterocycles. The SMILES string of the molecule is COc1ccc(C2CC(=O)N(Cc3ccncc3)C2)cc1OC1CCCC1. The number of carbonyl (C=O) groups excluding carboxylic acids is 1. The summed E-state index contributed by atoms with van der Waals surface area (Å²) >= 11 is 0. The molecule has 1 saturated heterocycles. The third kappa shape index (κ3) is 4.07. The minimum atomic E-state index is 0.191. The van der Waals surface area contributed by atoms with Crippen molar-refractivity contribution < 1.29 is 14.3 Å². The van der Waals surface area contributed by atoms with Gasteiger partial charge in [-0.05, 0) is 61.1 Å². The van der Waals surface area contributed by atoms with Gasteiger partial charge in [0.1, 0.15) is 0 Å². The van der Waals surface area contributed by atoms with Crippen molar-refractivity contribution in [2.24, 2.45) is 0 Å². The van der Waals surface area contributed by atoms with Crippen LogP contribution in [-0.4, -0.2) is 35.5 Å². The highest BCUT2D eigenvalue weighted by atomic mass is 16.5. The Hall–Kier alpha value is -2.56. The number of benzene rings is 1. The Morgan fingerprint density at radius 2 is 1.89 bits per heavy atom. The van der Waals surface area contributed by atoms with E-state index in [1.54, 1.807) is 19.5 Å². The van der Waals surface area contributed by atoms with Crippen molar-refractivity contribution in [2.45, 2.75) is 50.7 Å². The van der Waals surface area contributed by atoms with Crippen molar-refractivity contribution in [3.8, 4) is 11.5 Å². The van der Waals surface area contributed by atoms with Crippen LogP contribution in [0.5, 0.6) is 11.5 Å². The molecule has 4 rings (SSSR count). The van der Waals surface area contributed by atoms with Gasteiger partial charge in [-0.3, -0.25) is 9.78 Å². The molecule has 1 saturated carbocycles. The van der Waals surface area contributed by atoms with Crippen LogP contribution in [0, 0.1) is 0 Å². The largest absolute Gasteiger partial charge is 0.493 e. The molecular weight excluding hydrogens is 340 g/mol. The third-order valence-corrected chi connectivity index (χ3v) is 5.59. The highest BCUT2D eigenvalue weighted by Crippen LogP contribution is 2.37. The van der Waals surface area contributed by atoms with E-state index in [0.29, 0.717) is 13.0 Å². The lowest BCUT2D eigenvalue weighted by atomic mass is 9.98. The van der Waals surface area contributed by atoms with Gasteiger partial charge in [0.25, 0.3) is 0 Å². The first-order valence-electron chi connectivity index (χ1n) is 9.74. The fourth-order valence-electron chi connectivity index (χ4n) is 4.08. The van der Waals surface area contributed by atoms with Crippen molar-refractivity contribution >= 4 is 5.91 Å². The maximum atomic E-state index is 12.5. The molecule has 0 N–H and O–H groups in total. The van der Waals surface area contributed by atoms with Gasteiger partial charge in [0.15, 0.2) is 11.5 Å². The molecule has 27 heavy (non-hydrogen) atoms. The van der Waals surface area contributed by atoms with Gasteiger partial charge in [0.05, 0.1) is 13.2 Å². The first-order valence-corrected chi connectivity index (χ1v) is 9.74. The Morgan fingerprint density at radius 1 is 1.11 bits per heavy atom. The molecule has 1 aliphatic heterocycles. The van der Waals surface area contributed by atoms with E-state index in [0.717, 1.165) is 42.0 Å². The minimum absolute atomic E-state index is 0.191. The van der Waals surface area contributed by atoms with Crippen molar-refractivity contribution in [1.29, 1.82) is 0 Å². The van der Waals surface area contributed by atoms with E-state index >= 15 is 0 Å². The topological polar surface area (TPSA) is 51.7 Å². The van der Waals surface area contributed by atoms with Crippen molar-refractivity contribution in [3.05, 3.63) is 53.9 Å². The molecule has 0 radical (unpaired) electrons. The summed E-state index contributed by atoms with van der Waals surface area (Å²) in [6.45, 7) is 1.37. The van der Waals surface area contributed by atoms with Crippen LogP contribution in [0.4, 0.5) is 0 Å². The lowest BCUT2D eigenvalue weighted by Crippen LogP contribution is -2.24. The van der Waals surface area contributed by atoms with E-state index in [-0.39, 0.29) is 17.9 Å². The lowest BCUT2D eigenvalue weighted by Gasteiger charge is -2.19. The molecule has 0 bridgehead atoms. The van der Waals surface area contributed by atoms with Crippen LogP contribution in [-0.2, 0) is 11.3 Å². The number of likely N-dealkylation sites (tertiary alicyclic amines) is 1. The maximum absolute atomic E-state index is 12.5. The zero-order valence-corrected chi connectivity index (χ0v) is 15.8. The van der Waals surface area contributed by atoms with Gasteiger partial charge >= 0.3 is 0 Å². The van der Waals surface area contributed by atoms with E-state index in [2.05, 4.69) is 17.1 Å². The van der Waals surface area contributed by atoms with Gasteiger partial charge in [-0.1, -0.05) is 6.07 Å². The molecule has 1 amide bonds. The minimum Gasteiger partial charge on any atom is -0.493 e. The summed E-state index contributed by atoms with van der Waals surface area (Å²) in [5.74, 6) is 1.97. The number of ether oxygens (including phenoxy) is 2. The highest BCUT2D eigenvalue weighted by Gasteiger charge is 2.31. The van der Waals surface area contributed by atoms with Crippen LogP contribution in [0.1, 0.15) is 49.1 Å². The van der Waals surface area contributed by atoms with Crippen LogP contribution in [0.25, 0.3) is 0 Å². The monoisotopic (exact) mass is 366 g/mol. The molecule has 5 heteroatoms. The molecular formula is C22H26N2O3. The standard InChI is InChI=1S/C22H26N2O3/c1-26-20-7-6-17(12-21(20)27-19-4-2-3-5-19)18-13-22(25)24(15-18)14-16-8-10-23-11-9-16/h6-12,18-19H,2-5,13-15H2,1H3. The summed E-state index contributed by atoms with van der Waals surface area (Å²) in [6, 6.07) is 10.0. The van der Waals surface area contributed by atoms with Crippen molar-refractivity contribution in [1.82, 2.24) is 9.88 Å². The number of methoxy groups -OCH3 is 1. The molecule has 1 aliphatic carbocycles. The molecule has 1 unspecified atom stereocenters. The molecule has 0 spiro atoms. The normalized spacial score (nSPS) is 20.3. The van der Waals surface area contributed by atoms with Crippen LogP contribution in [0.15, 0.2) is 42.7 Å². The van der Waals surface area contributed by atoms with Gasteiger partial charge in [-0.2, -0.15) is 0 Å². The quantitative estimate of drug-likeness (QED) is 0.777. The Morgan fingerprint density at radius 3 is 2.63 bits per heavy atom. The van der Waals surface area contributed by atoms with Crippen LogP contribution in [0.3, 0.4) is 0 Å². The second-order valence-corrected chi connectivity index (χ2v) is 7.47. The van der Waals surface area contributed by atoms with E-state index in [1.807, 2.05) is 23.1 Å². The number of carbonyl (C=O) groups is 1. The highest BCUT2D eigenvalue weighted by molar-refractivity contribution is 5.79. The van der Waals surface area contributed by atoms with Gasteiger partial charge < -0.3 is 14.4 Å². The molecule has 142 valence electrons. The summed E-state index contributed by atoms with van der Waals surface area (Å²) in [4.78, 5) is 18.5. The predicted octanol–water partition coefficient (Wildman–Crippen LogP) is 3.93. The van der Waals surface area contributed by atoms with E-state index < -0.39 is 0 Å². The number of hydrogen-bond donors (Lipinski definition) is 0. The second-order valence-electron chi connectivity index (χ2n) is 7.47. The lowest BCUT2D eigenvalue weighted by molar-refractivity contribution is -0.128. The zero-order chi connectivity index (χ0) is 18.6. The smallest absolute Gasteiger partial charge is 0.223 e. The Kier molecular flexibility index (Phi) is 5.28. The van der Waals surface area contributed by atoms with Gasteiger partial charge in [-0.25, -0.2) is 0 Å². The first kappa shape index (κ1) is 17.8. The first-order chi connectivity index (χ1) is 13.2. The predicted molar refractivity (Wildman–Crippen MR) is 103 cm³/mol. The molecule has 2 heterocycles. The van der Waals surface area contributed by atoms with Gasteiger partial charge in [0, 0.05) is 37.8 Å².